The van der Waals surface area contributed by atoms with E-state index in [9.17, 15) is 18.0 Å². The van der Waals surface area contributed by atoms with Gasteiger partial charge in [0.25, 0.3) is 0 Å². The summed E-state index contributed by atoms with van der Waals surface area (Å²) in [5.41, 5.74) is 0.229. The van der Waals surface area contributed by atoms with Crippen molar-refractivity contribution in [2.45, 2.75) is 38.0 Å². The van der Waals surface area contributed by atoms with Crippen LogP contribution in [0.4, 0.5) is 13.2 Å². The number of hydrogen-bond acceptors (Lipinski definition) is 3. The molecule has 1 amide bonds. The molecular weight excluding hydrogens is 331 g/mol. The maximum Gasteiger partial charge on any atom is 0.416 e. The highest BCUT2D eigenvalue weighted by molar-refractivity contribution is 5.78. The fraction of sp³-hybridized carbons (Fsp3) is 0.611. The molecule has 4 nitrogen and oxygen atoms in total. The SMILES string of the molecule is O=C(CNCC1CC1)NC1CCN(Cc2ccc(C(F)(F)F)cc2)C1. The van der Waals surface area contributed by atoms with Crippen LogP contribution in [0.1, 0.15) is 30.4 Å². The molecule has 1 heterocycles. The molecule has 0 aromatic heterocycles. The van der Waals surface area contributed by atoms with E-state index in [1.54, 1.807) is 0 Å². The number of rotatable bonds is 7. The Hall–Kier alpha value is -1.60. The Morgan fingerprint density at radius 1 is 1.16 bits per heavy atom. The second-order valence-corrected chi connectivity index (χ2v) is 7.06. The summed E-state index contributed by atoms with van der Waals surface area (Å²) in [5.74, 6) is 0.764. The van der Waals surface area contributed by atoms with Gasteiger partial charge < -0.3 is 10.6 Å². The van der Waals surface area contributed by atoms with Crippen molar-refractivity contribution in [3.05, 3.63) is 35.4 Å². The first-order valence-corrected chi connectivity index (χ1v) is 8.79. The zero-order valence-electron chi connectivity index (χ0n) is 14.1. The van der Waals surface area contributed by atoms with Crippen LogP contribution in [-0.2, 0) is 17.5 Å². The highest BCUT2D eigenvalue weighted by Crippen LogP contribution is 2.29. The van der Waals surface area contributed by atoms with Crippen molar-refractivity contribution in [3.8, 4) is 0 Å². The van der Waals surface area contributed by atoms with Crippen molar-refractivity contribution in [3.63, 3.8) is 0 Å². The van der Waals surface area contributed by atoms with E-state index in [1.807, 2.05) is 0 Å². The van der Waals surface area contributed by atoms with E-state index in [1.165, 1.54) is 25.0 Å². The molecule has 25 heavy (non-hydrogen) atoms. The van der Waals surface area contributed by atoms with E-state index in [0.717, 1.165) is 49.7 Å². The van der Waals surface area contributed by atoms with Gasteiger partial charge in [0, 0.05) is 25.7 Å². The van der Waals surface area contributed by atoms with E-state index in [0.29, 0.717) is 13.1 Å². The molecule has 1 saturated carbocycles. The molecular formula is C18H24F3N3O. The molecule has 1 aromatic carbocycles. The summed E-state index contributed by atoms with van der Waals surface area (Å²) < 4.78 is 37.7. The molecule has 3 rings (SSSR count). The van der Waals surface area contributed by atoms with Crippen LogP contribution in [0, 0.1) is 5.92 Å². The third-order valence-corrected chi connectivity index (χ3v) is 4.74. The second-order valence-electron chi connectivity index (χ2n) is 7.06. The standard InChI is InChI=1S/C18H24F3N3O/c19-18(20,21)15-5-3-14(4-6-15)11-24-8-7-16(12-24)23-17(25)10-22-9-13-1-2-13/h3-6,13,16,22H,1-2,7-12H2,(H,23,25). The molecule has 0 bridgehead atoms. The van der Waals surface area contributed by atoms with Crippen LogP contribution >= 0.6 is 0 Å². The Kier molecular flexibility index (Phi) is 5.64. The number of nitrogens with one attached hydrogen (secondary N) is 2. The van der Waals surface area contributed by atoms with Gasteiger partial charge in [-0.3, -0.25) is 9.69 Å². The molecule has 0 radical (unpaired) electrons. The molecule has 0 spiro atoms. The van der Waals surface area contributed by atoms with Crippen LogP contribution in [0.3, 0.4) is 0 Å². The lowest BCUT2D eigenvalue weighted by molar-refractivity contribution is -0.137. The van der Waals surface area contributed by atoms with Gasteiger partial charge in [-0.2, -0.15) is 13.2 Å². The zero-order valence-corrected chi connectivity index (χ0v) is 14.1. The van der Waals surface area contributed by atoms with Crippen LogP contribution in [0.15, 0.2) is 24.3 Å². The van der Waals surface area contributed by atoms with Gasteiger partial charge in [0.05, 0.1) is 12.1 Å². The van der Waals surface area contributed by atoms with Crippen LogP contribution in [0.2, 0.25) is 0 Å². The normalized spacial score (nSPS) is 21.5. The Morgan fingerprint density at radius 3 is 2.52 bits per heavy atom. The van der Waals surface area contributed by atoms with Crippen molar-refractivity contribution in [1.82, 2.24) is 15.5 Å². The van der Waals surface area contributed by atoms with Crippen LogP contribution in [0.5, 0.6) is 0 Å². The summed E-state index contributed by atoms with van der Waals surface area (Å²) in [4.78, 5) is 14.1. The van der Waals surface area contributed by atoms with Gasteiger partial charge in [-0.05, 0) is 49.4 Å². The maximum atomic E-state index is 12.6. The average Bonchev–Trinajstić information content (AvgIpc) is 3.27. The van der Waals surface area contributed by atoms with Gasteiger partial charge in [0.15, 0.2) is 0 Å². The first-order valence-electron chi connectivity index (χ1n) is 8.79. The summed E-state index contributed by atoms with van der Waals surface area (Å²) in [6.07, 6.45) is -0.906. The minimum Gasteiger partial charge on any atom is -0.351 e. The van der Waals surface area contributed by atoms with E-state index in [4.69, 9.17) is 0 Å². The Labute approximate surface area is 145 Å². The largest absolute Gasteiger partial charge is 0.416 e. The van der Waals surface area contributed by atoms with Crippen molar-refractivity contribution in [1.29, 1.82) is 0 Å². The summed E-state index contributed by atoms with van der Waals surface area (Å²) in [5, 5.41) is 6.20. The van der Waals surface area contributed by atoms with Gasteiger partial charge in [0.2, 0.25) is 5.91 Å². The topological polar surface area (TPSA) is 44.4 Å². The minimum atomic E-state index is -4.30. The average molecular weight is 355 g/mol. The van der Waals surface area contributed by atoms with E-state index < -0.39 is 11.7 Å². The first kappa shape index (κ1) is 18.2. The number of alkyl halides is 3. The second kappa shape index (κ2) is 7.74. The lowest BCUT2D eigenvalue weighted by Gasteiger charge is -2.17. The van der Waals surface area contributed by atoms with E-state index in [-0.39, 0.29) is 11.9 Å². The van der Waals surface area contributed by atoms with Crippen molar-refractivity contribution >= 4 is 5.91 Å². The number of carbonyl (C=O) groups is 1. The number of carbonyl (C=O) groups excluding carboxylic acids is 1. The van der Waals surface area contributed by atoms with Crippen molar-refractivity contribution in [2.75, 3.05) is 26.2 Å². The molecule has 138 valence electrons. The first-order chi connectivity index (χ1) is 11.9. The number of halogens is 3. The lowest BCUT2D eigenvalue weighted by Crippen LogP contribution is -2.42. The molecule has 2 aliphatic rings. The number of benzene rings is 1. The molecule has 2 N–H and O–H groups in total. The predicted molar refractivity (Wildman–Crippen MR) is 88.9 cm³/mol. The third kappa shape index (κ3) is 5.71. The van der Waals surface area contributed by atoms with E-state index >= 15 is 0 Å². The maximum absolute atomic E-state index is 12.6. The Bertz CT molecular complexity index is 584. The Balaban J connectivity index is 1.39. The van der Waals surface area contributed by atoms with Gasteiger partial charge in [-0.1, -0.05) is 12.1 Å². The molecule has 7 heteroatoms. The smallest absolute Gasteiger partial charge is 0.351 e. The van der Waals surface area contributed by atoms with Gasteiger partial charge in [-0.15, -0.1) is 0 Å². The fourth-order valence-corrected chi connectivity index (χ4v) is 3.14. The monoisotopic (exact) mass is 355 g/mol. The highest BCUT2D eigenvalue weighted by Gasteiger charge is 2.30. The summed E-state index contributed by atoms with van der Waals surface area (Å²) >= 11 is 0. The van der Waals surface area contributed by atoms with Crippen molar-refractivity contribution in [2.24, 2.45) is 5.92 Å². The Morgan fingerprint density at radius 2 is 1.88 bits per heavy atom. The number of hydrogen-bond donors (Lipinski definition) is 2. The van der Waals surface area contributed by atoms with Gasteiger partial charge in [-0.25, -0.2) is 0 Å². The summed E-state index contributed by atoms with van der Waals surface area (Å²) in [6, 6.07) is 5.41. The predicted octanol–water partition coefficient (Wildman–Crippen LogP) is 2.40. The number of amides is 1. The van der Waals surface area contributed by atoms with Crippen LogP contribution in [-0.4, -0.2) is 43.0 Å². The third-order valence-electron chi connectivity index (χ3n) is 4.74. The lowest BCUT2D eigenvalue weighted by atomic mass is 10.1. The zero-order chi connectivity index (χ0) is 17.9. The highest BCUT2D eigenvalue weighted by atomic mass is 19.4. The van der Waals surface area contributed by atoms with E-state index in [2.05, 4.69) is 15.5 Å². The molecule has 1 unspecified atom stereocenters. The molecule has 1 aliphatic carbocycles. The molecule has 1 atom stereocenters. The molecule has 2 fully saturated rings. The van der Waals surface area contributed by atoms with Gasteiger partial charge in [0.1, 0.15) is 0 Å². The number of likely N-dealkylation sites (tertiary alicyclic amines) is 1. The van der Waals surface area contributed by atoms with Gasteiger partial charge >= 0.3 is 6.18 Å². The van der Waals surface area contributed by atoms with Crippen molar-refractivity contribution < 1.29 is 18.0 Å². The fourth-order valence-electron chi connectivity index (χ4n) is 3.14. The number of nitrogens with zero attached hydrogens (tertiary/aromatic N) is 1. The quantitative estimate of drug-likeness (QED) is 0.789. The summed E-state index contributed by atoms with van der Waals surface area (Å²) in [6.45, 7) is 3.44. The molecule has 1 aromatic rings. The molecule has 1 saturated heterocycles. The molecule has 1 aliphatic heterocycles. The summed E-state index contributed by atoms with van der Waals surface area (Å²) in [7, 11) is 0. The van der Waals surface area contributed by atoms with Crippen LogP contribution < -0.4 is 10.6 Å². The van der Waals surface area contributed by atoms with Crippen LogP contribution in [0.25, 0.3) is 0 Å². The minimum absolute atomic E-state index is 0.0158.